The number of fused-ring (bicyclic) bond motifs is 2. The normalized spacial score (nSPS) is 56.5. The molecule has 0 amide bonds. The van der Waals surface area contributed by atoms with E-state index < -0.39 is 30.8 Å². The molecule has 2 saturated heterocycles. The predicted octanol–water partition coefficient (Wildman–Crippen LogP) is -0.221. The van der Waals surface area contributed by atoms with Gasteiger partial charge in [0.2, 0.25) is 0 Å². The zero-order chi connectivity index (χ0) is 8.01. The van der Waals surface area contributed by atoms with Gasteiger partial charge in [-0.2, -0.15) is 0 Å². The first-order chi connectivity index (χ1) is 5.20. The van der Waals surface area contributed by atoms with Crippen molar-refractivity contribution in [3.63, 3.8) is 0 Å². The minimum absolute atomic E-state index is 0.0311. The number of aliphatic hydroxyl groups excluding tert-OH is 1. The van der Waals surface area contributed by atoms with E-state index in [2.05, 4.69) is 0 Å². The SMILES string of the molecule is O[C@@H]1[C@@H](F)[C@@H]2OC[C@@H](O2)[C@H]1F. The number of ether oxygens (including phenoxy) is 2. The Morgan fingerprint density at radius 1 is 1.27 bits per heavy atom. The lowest BCUT2D eigenvalue weighted by atomic mass is 10.0. The topological polar surface area (TPSA) is 38.7 Å². The number of halogens is 2. The lowest BCUT2D eigenvalue weighted by Gasteiger charge is -2.29. The summed E-state index contributed by atoms with van der Waals surface area (Å²) >= 11 is 0. The van der Waals surface area contributed by atoms with Crippen LogP contribution in [0, 0.1) is 0 Å². The average Bonchev–Trinajstić information content (AvgIpc) is 2.44. The molecular formula is C6H8F2O3. The Kier molecular flexibility index (Phi) is 1.59. The van der Waals surface area contributed by atoms with E-state index in [0.717, 1.165) is 0 Å². The predicted molar refractivity (Wildman–Crippen MR) is 30.4 cm³/mol. The fourth-order valence-electron chi connectivity index (χ4n) is 1.33. The summed E-state index contributed by atoms with van der Waals surface area (Å²) in [7, 11) is 0. The Hall–Kier alpha value is -0.260. The van der Waals surface area contributed by atoms with Gasteiger partial charge in [0.25, 0.3) is 0 Å². The van der Waals surface area contributed by atoms with Crippen LogP contribution in [0.1, 0.15) is 0 Å². The molecule has 0 aromatic heterocycles. The molecule has 2 aliphatic heterocycles. The van der Waals surface area contributed by atoms with Crippen molar-refractivity contribution in [3.05, 3.63) is 0 Å². The minimum Gasteiger partial charge on any atom is -0.387 e. The van der Waals surface area contributed by atoms with Crippen LogP contribution in [0.25, 0.3) is 0 Å². The van der Waals surface area contributed by atoms with Gasteiger partial charge in [0.1, 0.15) is 12.2 Å². The van der Waals surface area contributed by atoms with Crippen molar-refractivity contribution in [1.29, 1.82) is 0 Å². The van der Waals surface area contributed by atoms with Crippen LogP contribution in [0.5, 0.6) is 0 Å². The molecule has 5 atom stereocenters. The van der Waals surface area contributed by atoms with E-state index in [0.29, 0.717) is 0 Å². The second-order valence-corrected chi connectivity index (χ2v) is 2.76. The second kappa shape index (κ2) is 2.36. The highest BCUT2D eigenvalue weighted by atomic mass is 19.1. The van der Waals surface area contributed by atoms with Gasteiger partial charge in [0.15, 0.2) is 18.6 Å². The van der Waals surface area contributed by atoms with Crippen molar-refractivity contribution in [3.8, 4) is 0 Å². The molecule has 2 aliphatic rings. The standard InChI is InChI=1S/C6H8F2O3/c7-3-2-1-10-6(11-2)4(8)5(3)9/h2-6,9H,1H2/t2-,3-,4-,5+,6-/m1/s1. The van der Waals surface area contributed by atoms with E-state index >= 15 is 0 Å². The van der Waals surface area contributed by atoms with Gasteiger partial charge in [-0.25, -0.2) is 8.78 Å². The molecule has 3 nitrogen and oxygen atoms in total. The molecule has 1 N–H and O–H groups in total. The molecule has 11 heavy (non-hydrogen) atoms. The molecule has 0 aliphatic carbocycles. The summed E-state index contributed by atoms with van der Waals surface area (Å²) in [6.45, 7) is 0.0311. The van der Waals surface area contributed by atoms with Crippen LogP contribution >= 0.6 is 0 Å². The van der Waals surface area contributed by atoms with Crippen molar-refractivity contribution >= 4 is 0 Å². The smallest absolute Gasteiger partial charge is 0.192 e. The van der Waals surface area contributed by atoms with E-state index in [9.17, 15) is 8.78 Å². The molecule has 0 spiro atoms. The van der Waals surface area contributed by atoms with Crippen molar-refractivity contribution in [2.24, 2.45) is 0 Å². The molecule has 0 aromatic carbocycles. The van der Waals surface area contributed by atoms with Crippen molar-refractivity contribution < 1.29 is 23.4 Å². The van der Waals surface area contributed by atoms with Gasteiger partial charge >= 0.3 is 0 Å². The van der Waals surface area contributed by atoms with Gasteiger partial charge in [-0.1, -0.05) is 0 Å². The zero-order valence-corrected chi connectivity index (χ0v) is 5.61. The number of aliphatic hydroxyl groups is 1. The summed E-state index contributed by atoms with van der Waals surface area (Å²) in [6.07, 6.45) is -6.88. The van der Waals surface area contributed by atoms with Crippen LogP contribution in [0.3, 0.4) is 0 Å². The Morgan fingerprint density at radius 2 is 2.00 bits per heavy atom. The Balaban J connectivity index is 2.16. The molecule has 2 bridgehead atoms. The fraction of sp³-hybridized carbons (Fsp3) is 1.00. The number of alkyl halides is 2. The highest BCUT2D eigenvalue weighted by molar-refractivity contribution is 4.93. The molecule has 2 rings (SSSR count). The van der Waals surface area contributed by atoms with E-state index in [4.69, 9.17) is 14.6 Å². The highest BCUT2D eigenvalue weighted by Gasteiger charge is 2.50. The van der Waals surface area contributed by atoms with Crippen LogP contribution in [-0.4, -0.2) is 42.6 Å². The lowest BCUT2D eigenvalue weighted by molar-refractivity contribution is -0.192. The van der Waals surface area contributed by atoms with Crippen LogP contribution in [0.15, 0.2) is 0 Å². The van der Waals surface area contributed by atoms with Gasteiger partial charge < -0.3 is 14.6 Å². The third-order valence-corrected chi connectivity index (χ3v) is 2.00. The summed E-state index contributed by atoms with van der Waals surface area (Å²) < 4.78 is 35.1. The molecule has 0 unspecified atom stereocenters. The maximum atomic E-state index is 12.8. The minimum atomic E-state index is -1.76. The maximum Gasteiger partial charge on any atom is 0.192 e. The molecule has 0 saturated carbocycles. The van der Waals surface area contributed by atoms with Crippen LogP contribution in [0.2, 0.25) is 0 Å². The number of rotatable bonds is 0. The van der Waals surface area contributed by atoms with E-state index in [1.165, 1.54) is 0 Å². The Morgan fingerprint density at radius 3 is 2.73 bits per heavy atom. The summed E-state index contributed by atoms with van der Waals surface area (Å²) in [6, 6.07) is 0. The molecule has 0 radical (unpaired) electrons. The molecule has 2 heterocycles. The van der Waals surface area contributed by atoms with E-state index in [1.807, 2.05) is 0 Å². The first-order valence-corrected chi connectivity index (χ1v) is 3.43. The van der Waals surface area contributed by atoms with Crippen LogP contribution in [0.4, 0.5) is 8.78 Å². The Bertz CT molecular complexity index is 146. The lowest BCUT2D eigenvalue weighted by Crippen LogP contribution is -2.49. The van der Waals surface area contributed by atoms with Gasteiger partial charge in [-0.15, -0.1) is 0 Å². The summed E-state index contributed by atoms with van der Waals surface area (Å²) in [5.41, 5.74) is 0. The van der Waals surface area contributed by atoms with Gasteiger partial charge in [-0.05, 0) is 0 Å². The summed E-state index contributed by atoms with van der Waals surface area (Å²) in [5, 5.41) is 8.92. The number of hydrogen-bond acceptors (Lipinski definition) is 3. The van der Waals surface area contributed by atoms with Gasteiger partial charge in [0, 0.05) is 0 Å². The van der Waals surface area contributed by atoms with Crippen molar-refractivity contribution in [1.82, 2.24) is 0 Å². The fourth-order valence-corrected chi connectivity index (χ4v) is 1.33. The largest absolute Gasteiger partial charge is 0.387 e. The van der Waals surface area contributed by atoms with E-state index in [-0.39, 0.29) is 6.61 Å². The molecule has 64 valence electrons. The second-order valence-electron chi connectivity index (χ2n) is 2.76. The van der Waals surface area contributed by atoms with Gasteiger partial charge in [0.05, 0.1) is 6.61 Å². The monoisotopic (exact) mass is 166 g/mol. The first-order valence-electron chi connectivity index (χ1n) is 3.43. The third kappa shape index (κ3) is 0.953. The molecule has 2 fully saturated rings. The Labute approximate surface area is 61.9 Å². The maximum absolute atomic E-state index is 12.8. The molecule has 5 heteroatoms. The number of hydrogen-bond donors (Lipinski definition) is 1. The zero-order valence-electron chi connectivity index (χ0n) is 5.61. The third-order valence-electron chi connectivity index (χ3n) is 2.00. The van der Waals surface area contributed by atoms with Crippen molar-refractivity contribution in [2.45, 2.75) is 30.8 Å². The van der Waals surface area contributed by atoms with Crippen LogP contribution < -0.4 is 0 Å². The first kappa shape index (κ1) is 7.39. The van der Waals surface area contributed by atoms with Gasteiger partial charge in [-0.3, -0.25) is 0 Å². The average molecular weight is 166 g/mol. The summed E-state index contributed by atoms with van der Waals surface area (Å²) in [5.74, 6) is 0. The molecular weight excluding hydrogens is 158 g/mol. The summed E-state index contributed by atoms with van der Waals surface area (Å²) in [4.78, 5) is 0. The quantitative estimate of drug-likeness (QED) is 0.540. The molecule has 0 aromatic rings. The highest BCUT2D eigenvalue weighted by Crippen LogP contribution is 2.31. The van der Waals surface area contributed by atoms with Crippen LogP contribution in [-0.2, 0) is 9.47 Å². The van der Waals surface area contributed by atoms with E-state index in [1.54, 1.807) is 0 Å². The van der Waals surface area contributed by atoms with Crippen molar-refractivity contribution in [2.75, 3.05) is 6.61 Å².